The van der Waals surface area contributed by atoms with Gasteiger partial charge in [-0.3, -0.25) is 0 Å². The summed E-state index contributed by atoms with van der Waals surface area (Å²) in [4.78, 5) is 0. The van der Waals surface area contributed by atoms with Gasteiger partial charge < -0.3 is 0 Å². The molecule has 0 atom stereocenters. The fourth-order valence-electron chi connectivity index (χ4n) is 5.01. The molecule has 1 aliphatic rings. The zero-order valence-corrected chi connectivity index (χ0v) is 26.9. The topological polar surface area (TPSA) is 0 Å². The molecular formula is C40H52. The van der Waals surface area contributed by atoms with Gasteiger partial charge >= 0.3 is 0 Å². The van der Waals surface area contributed by atoms with Crippen LogP contribution in [0.1, 0.15) is 90.0 Å². The molecule has 0 unspecified atom stereocenters. The summed E-state index contributed by atoms with van der Waals surface area (Å²) < 4.78 is 0. The van der Waals surface area contributed by atoms with Crippen LogP contribution in [0.2, 0.25) is 0 Å². The first-order valence-corrected chi connectivity index (χ1v) is 14.8. The van der Waals surface area contributed by atoms with Gasteiger partial charge in [-0.25, -0.2) is 0 Å². The van der Waals surface area contributed by atoms with E-state index in [1.807, 2.05) is 0 Å². The molecule has 0 aliphatic heterocycles. The fraction of sp³-hybridized carbons (Fsp3) is 0.350. The van der Waals surface area contributed by atoms with E-state index in [4.69, 9.17) is 0 Å². The minimum absolute atomic E-state index is 0.288. The molecule has 1 aliphatic carbocycles. The van der Waals surface area contributed by atoms with Crippen LogP contribution in [0.25, 0.3) is 6.08 Å². The average molecular weight is 533 g/mol. The summed E-state index contributed by atoms with van der Waals surface area (Å²) in [6, 6.07) is 4.39. The molecule has 1 aromatic carbocycles. The Balaban J connectivity index is 1.90. The Morgan fingerprint density at radius 3 is 1.65 bits per heavy atom. The molecule has 0 heteroatoms. The molecule has 0 aromatic heterocycles. The molecule has 0 amide bonds. The Morgan fingerprint density at radius 2 is 1.10 bits per heavy atom. The van der Waals surface area contributed by atoms with E-state index >= 15 is 0 Å². The molecule has 40 heavy (non-hydrogen) atoms. The second kappa shape index (κ2) is 16.0. The van der Waals surface area contributed by atoms with Gasteiger partial charge in [-0.05, 0) is 108 Å². The van der Waals surface area contributed by atoms with Crippen LogP contribution in [-0.2, 0) is 0 Å². The molecule has 0 spiro atoms. The second-order valence-electron chi connectivity index (χ2n) is 12.1. The van der Waals surface area contributed by atoms with Crippen LogP contribution in [0.5, 0.6) is 0 Å². The van der Waals surface area contributed by atoms with E-state index in [1.165, 1.54) is 69.4 Å². The molecule has 1 aromatic rings. The molecule has 0 saturated heterocycles. The van der Waals surface area contributed by atoms with Gasteiger partial charge in [0.15, 0.2) is 0 Å². The van der Waals surface area contributed by atoms with Crippen molar-refractivity contribution in [3.8, 4) is 0 Å². The van der Waals surface area contributed by atoms with Crippen LogP contribution in [0.4, 0.5) is 0 Å². The van der Waals surface area contributed by atoms with Crippen molar-refractivity contribution in [1.82, 2.24) is 0 Å². The third-order valence-corrected chi connectivity index (χ3v) is 7.84. The SMILES string of the molecule is CC(C=CC=C(C)C=CC1=C(C)CCCC1(C)C)=CC=CC=C(C)C=CC=C(C)C=Cc1c(C)ccc(C)c1C. The number of aryl methyl sites for hydroxylation is 2. The quantitative estimate of drug-likeness (QED) is 0.263. The summed E-state index contributed by atoms with van der Waals surface area (Å²) in [6.07, 6.45) is 34.2. The summed E-state index contributed by atoms with van der Waals surface area (Å²) in [5.74, 6) is 0. The summed E-state index contributed by atoms with van der Waals surface area (Å²) in [5, 5.41) is 0. The van der Waals surface area contributed by atoms with E-state index in [9.17, 15) is 0 Å². The number of rotatable bonds is 10. The van der Waals surface area contributed by atoms with Crippen molar-refractivity contribution >= 4 is 6.08 Å². The highest BCUT2D eigenvalue weighted by atomic mass is 14.3. The van der Waals surface area contributed by atoms with Crippen LogP contribution in [-0.4, -0.2) is 0 Å². The molecule has 0 saturated carbocycles. The zero-order chi connectivity index (χ0) is 29.7. The van der Waals surface area contributed by atoms with E-state index < -0.39 is 0 Å². The molecule has 2 rings (SSSR count). The van der Waals surface area contributed by atoms with Gasteiger partial charge in [0.2, 0.25) is 0 Å². The standard InChI is InChI=1S/C40H52/c1-30(18-13-20-32(3)23-27-38-35(6)26-25-34(5)37(38)8)16-11-12-17-31(2)19-14-21-33(4)24-28-39-36(7)22-15-29-40(39,9)10/h11-14,16-21,23-28H,15,22,29H2,1-10H3. The number of hydrogen-bond acceptors (Lipinski definition) is 0. The van der Waals surface area contributed by atoms with Gasteiger partial charge in [0.05, 0.1) is 0 Å². The Bertz CT molecular complexity index is 1330. The summed E-state index contributed by atoms with van der Waals surface area (Å²) in [7, 11) is 0. The molecule has 0 radical (unpaired) electrons. The summed E-state index contributed by atoms with van der Waals surface area (Å²) in [5.41, 5.74) is 13.6. The molecule has 0 bridgehead atoms. The normalized spacial score (nSPS) is 18.1. The van der Waals surface area contributed by atoms with Crippen molar-refractivity contribution in [3.05, 3.63) is 147 Å². The van der Waals surface area contributed by atoms with Gasteiger partial charge in [-0.1, -0.05) is 139 Å². The van der Waals surface area contributed by atoms with Crippen LogP contribution < -0.4 is 0 Å². The maximum Gasteiger partial charge on any atom is -0.0104 e. The predicted octanol–water partition coefficient (Wildman–Crippen LogP) is 12.2. The van der Waals surface area contributed by atoms with E-state index in [2.05, 4.69) is 166 Å². The highest BCUT2D eigenvalue weighted by Gasteiger charge is 2.26. The van der Waals surface area contributed by atoms with Crippen molar-refractivity contribution in [2.45, 2.75) is 88.5 Å². The predicted molar refractivity (Wildman–Crippen MR) is 182 cm³/mol. The molecular weight excluding hydrogens is 480 g/mol. The van der Waals surface area contributed by atoms with Crippen LogP contribution in [0, 0.1) is 26.2 Å². The lowest BCUT2D eigenvalue weighted by Gasteiger charge is -2.32. The first-order valence-electron chi connectivity index (χ1n) is 14.8. The highest BCUT2D eigenvalue weighted by Crippen LogP contribution is 2.40. The zero-order valence-electron chi connectivity index (χ0n) is 26.9. The van der Waals surface area contributed by atoms with Gasteiger partial charge in [0.25, 0.3) is 0 Å². The Hall–Kier alpha value is -3.38. The van der Waals surface area contributed by atoms with Gasteiger partial charge in [0, 0.05) is 0 Å². The van der Waals surface area contributed by atoms with Gasteiger partial charge in [0.1, 0.15) is 0 Å². The van der Waals surface area contributed by atoms with Crippen LogP contribution >= 0.6 is 0 Å². The number of benzene rings is 1. The van der Waals surface area contributed by atoms with E-state index in [1.54, 1.807) is 5.57 Å². The lowest BCUT2D eigenvalue weighted by Crippen LogP contribution is -2.19. The van der Waals surface area contributed by atoms with E-state index in [0.717, 1.165) is 0 Å². The third kappa shape index (κ3) is 11.0. The largest absolute Gasteiger partial charge is 0.0696 e. The minimum atomic E-state index is 0.288. The summed E-state index contributed by atoms with van der Waals surface area (Å²) in [6.45, 7) is 22.2. The lowest BCUT2D eigenvalue weighted by molar-refractivity contribution is 0.377. The Kier molecular flexibility index (Phi) is 13.1. The van der Waals surface area contributed by atoms with E-state index in [0.29, 0.717) is 0 Å². The average Bonchev–Trinajstić information content (AvgIpc) is 2.88. The Labute approximate surface area is 246 Å². The summed E-state index contributed by atoms with van der Waals surface area (Å²) >= 11 is 0. The number of hydrogen-bond donors (Lipinski definition) is 0. The van der Waals surface area contributed by atoms with Crippen molar-refractivity contribution in [3.63, 3.8) is 0 Å². The minimum Gasteiger partial charge on any atom is -0.0696 e. The molecule has 0 N–H and O–H groups in total. The highest BCUT2D eigenvalue weighted by molar-refractivity contribution is 5.61. The maximum absolute atomic E-state index is 2.37. The smallest absolute Gasteiger partial charge is 0.0104 e. The molecule has 212 valence electrons. The fourth-order valence-corrected chi connectivity index (χ4v) is 5.01. The van der Waals surface area contributed by atoms with E-state index in [-0.39, 0.29) is 5.41 Å². The van der Waals surface area contributed by atoms with Crippen LogP contribution in [0.3, 0.4) is 0 Å². The van der Waals surface area contributed by atoms with Gasteiger partial charge in [-0.15, -0.1) is 0 Å². The lowest BCUT2D eigenvalue weighted by atomic mass is 9.72. The Morgan fingerprint density at radius 1 is 0.625 bits per heavy atom. The van der Waals surface area contributed by atoms with Crippen molar-refractivity contribution < 1.29 is 0 Å². The third-order valence-electron chi connectivity index (χ3n) is 7.84. The van der Waals surface area contributed by atoms with Crippen molar-refractivity contribution in [2.24, 2.45) is 5.41 Å². The first-order chi connectivity index (χ1) is 18.9. The van der Waals surface area contributed by atoms with Gasteiger partial charge in [-0.2, -0.15) is 0 Å². The first kappa shape index (κ1) is 32.8. The maximum atomic E-state index is 2.37. The molecule has 0 nitrogen and oxygen atoms in total. The molecule has 0 fully saturated rings. The number of allylic oxidation sites excluding steroid dienone is 19. The van der Waals surface area contributed by atoms with Crippen molar-refractivity contribution in [2.75, 3.05) is 0 Å². The van der Waals surface area contributed by atoms with Crippen molar-refractivity contribution in [1.29, 1.82) is 0 Å². The molecule has 0 heterocycles. The second-order valence-corrected chi connectivity index (χ2v) is 12.1. The monoisotopic (exact) mass is 532 g/mol. The van der Waals surface area contributed by atoms with Crippen LogP contribution in [0.15, 0.2) is 125 Å².